The Labute approximate surface area is 122 Å². The predicted molar refractivity (Wildman–Crippen MR) is 75.0 cm³/mol. The summed E-state index contributed by atoms with van der Waals surface area (Å²) >= 11 is 6.37. The zero-order valence-electron chi connectivity index (χ0n) is 9.95. The standard InChI is InChI=1S/C13H8Br2O3/c14-7-1-4-12(17)10(5-7)13(18)9-6-8(16)2-3-11(9)15/h1-6,16-17H/i1D. The number of hydrogen-bond acceptors (Lipinski definition) is 3. The molecule has 3 nitrogen and oxygen atoms in total. The Hall–Kier alpha value is -1.33. The van der Waals surface area contributed by atoms with Crippen LogP contribution in [0.2, 0.25) is 0 Å². The van der Waals surface area contributed by atoms with Crippen LogP contribution in [0.3, 0.4) is 0 Å². The van der Waals surface area contributed by atoms with Crippen molar-refractivity contribution in [2.45, 2.75) is 0 Å². The minimum atomic E-state index is -0.444. The smallest absolute Gasteiger partial charge is 0.198 e. The second-order valence-corrected chi connectivity index (χ2v) is 5.28. The number of halogens is 2. The number of benzene rings is 2. The molecular weight excluding hydrogens is 364 g/mol. The van der Waals surface area contributed by atoms with E-state index in [1.165, 1.54) is 24.3 Å². The molecule has 0 aliphatic carbocycles. The number of ketones is 1. The summed E-state index contributed by atoms with van der Waals surface area (Å²) in [5.41, 5.74) is 0.300. The third kappa shape index (κ3) is 2.57. The second kappa shape index (κ2) is 5.12. The molecule has 0 heterocycles. The average molecular weight is 373 g/mol. The van der Waals surface area contributed by atoms with Crippen LogP contribution in [0.1, 0.15) is 17.3 Å². The van der Waals surface area contributed by atoms with Gasteiger partial charge in [-0.05, 0) is 36.4 Å². The van der Waals surface area contributed by atoms with Gasteiger partial charge in [0.2, 0.25) is 0 Å². The molecule has 0 saturated heterocycles. The maximum absolute atomic E-state index is 12.3. The molecule has 0 aliphatic heterocycles. The lowest BCUT2D eigenvalue weighted by Crippen LogP contribution is -2.02. The van der Waals surface area contributed by atoms with Crippen molar-refractivity contribution in [3.63, 3.8) is 0 Å². The molecule has 0 fully saturated rings. The lowest BCUT2D eigenvalue weighted by Gasteiger charge is -2.07. The van der Waals surface area contributed by atoms with E-state index in [2.05, 4.69) is 31.9 Å². The summed E-state index contributed by atoms with van der Waals surface area (Å²) in [4.78, 5) is 12.3. The molecule has 0 spiro atoms. The fourth-order valence-corrected chi connectivity index (χ4v) is 2.24. The quantitative estimate of drug-likeness (QED) is 0.787. The van der Waals surface area contributed by atoms with Crippen molar-refractivity contribution in [3.05, 3.63) is 56.4 Å². The monoisotopic (exact) mass is 371 g/mol. The van der Waals surface area contributed by atoms with Gasteiger partial charge in [-0.1, -0.05) is 31.9 Å². The predicted octanol–water partition coefficient (Wildman–Crippen LogP) is 3.85. The lowest BCUT2D eigenvalue weighted by molar-refractivity contribution is 0.103. The van der Waals surface area contributed by atoms with E-state index in [0.29, 0.717) is 8.95 Å². The molecule has 0 radical (unpaired) electrons. The van der Waals surface area contributed by atoms with Crippen molar-refractivity contribution in [2.24, 2.45) is 0 Å². The number of hydrogen-bond donors (Lipinski definition) is 2. The van der Waals surface area contributed by atoms with Crippen molar-refractivity contribution in [2.75, 3.05) is 0 Å². The van der Waals surface area contributed by atoms with Crippen LogP contribution in [0.5, 0.6) is 11.5 Å². The molecule has 0 aromatic heterocycles. The van der Waals surface area contributed by atoms with Crippen LogP contribution in [0.15, 0.2) is 45.3 Å². The molecular formula is C13H8Br2O3. The summed E-state index contributed by atoms with van der Waals surface area (Å²) < 4.78 is 8.43. The van der Waals surface area contributed by atoms with Crippen LogP contribution < -0.4 is 0 Å². The number of phenolic OH excluding ortho intramolecular Hbond substituents is 2. The van der Waals surface area contributed by atoms with E-state index in [1.807, 2.05) is 0 Å². The van der Waals surface area contributed by atoms with Gasteiger partial charge >= 0.3 is 0 Å². The van der Waals surface area contributed by atoms with Gasteiger partial charge in [0.15, 0.2) is 5.78 Å². The zero-order chi connectivity index (χ0) is 14.2. The molecule has 2 rings (SSSR count). The number of rotatable bonds is 2. The summed E-state index contributed by atoms with van der Waals surface area (Å²) in [6, 6.07) is 6.97. The minimum absolute atomic E-state index is 0.0396. The van der Waals surface area contributed by atoms with Gasteiger partial charge in [-0.15, -0.1) is 0 Å². The van der Waals surface area contributed by atoms with E-state index in [1.54, 1.807) is 6.07 Å². The molecule has 2 N–H and O–H groups in total. The Bertz CT molecular complexity index is 671. The molecule has 5 heteroatoms. The van der Waals surface area contributed by atoms with Crippen molar-refractivity contribution in [3.8, 4) is 11.5 Å². The van der Waals surface area contributed by atoms with Gasteiger partial charge in [-0.3, -0.25) is 4.79 Å². The summed E-state index contributed by atoms with van der Waals surface area (Å²) in [5, 5.41) is 19.2. The summed E-state index contributed by atoms with van der Waals surface area (Å²) in [6.07, 6.45) is 0. The summed E-state index contributed by atoms with van der Waals surface area (Å²) in [7, 11) is 0. The van der Waals surface area contributed by atoms with Crippen molar-refractivity contribution in [1.29, 1.82) is 0 Å². The third-order valence-corrected chi connectivity index (χ3v) is 3.48. The SMILES string of the molecule is [2H]c1cc(O)c(C(=O)c2cc(O)ccc2Br)cc1Br. The highest BCUT2D eigenvalue weighted by Crippen LogP contribution is 2.29. The topological polar surface area (TPSA) is 57.5 Å². The van der Waals surface area contributed by atoms with E-state index < -0.39 is 5.78 Å². The van der Waals surface area contributed by atoms with Crippen LogP contribution in [-0.2, 0) is 0 Å². The Kier molecular flexibility index (Phi) is 3.34. The Morgan fingerprint density at radius 3 is 2.56 bits per heavy atom. The maximum atomic E-state index is 12.3. The normalized spacial score (nSPS) is 11.1. The molecule has 0 unspecified atom stereocenters. The van der Waals surface area contributed by atoms with Gasteiger partial charge in [0, 0.05) is 14.5 Å². The number of carbonyl (C=O) groups is 1. The van der Waals surface area contributed by atoms with Gasteiger partial charge in [0.05, 0.1) is 6.93 Å². The molecule has 18 heavy (non-hydrogen) atoms. The Morgan fingerprint density at radius 2 is 1.83 bits per heavy atom. The minimum Gasteiger partial charge on any atom is -0.508 e. The van der Waals surface area contributed by atoms with Gasteiger partial charge < -0.3 is 10.2 Å². The zero-order valence-corrected chi connectivity index (χ0v) is 12.1. The molecule has 0 atom stereocenters. The molecule has 0 bridgehead atoms. The van der Waals surface area contributed by atoms with Gasteiger partial charge in [0.25, 0.3) is 0 Å². The van der Waals surface area contributed by atoms with Crippen LogP contribution in [0.4, 0.5) is 0 Å². The first-order valence-corrected chi connectivity index (χ1v) is 6.51. The van der Waals surface area contributed by atoms with Crippen molar-refractivity contribution in [1.82, 2.24) is 0 Å². The highest BCUT2D eigenvalue weighted by atomic mass is 79.9. The number of phenols is 2. The lowest BCUT2D eigenvalue weighted by atomic mass is 10.0. The first kappa shape index (κ1) is 11.7. The van der Waals surface area contributed by atoms with E-state index >= 15 is 0 Å². The molecule has 92 valence electrons. The van der Waals surface area contributed by atoms with Gasteiger partial charge in [-0.25, -0.2) is 0 Å². The summed E-state index contributed by atoms with van der Waals surface area (Å²) in [5.74, 6) is -0.753. The molecule has 2 aromatic rings. The summed E-state index contributed by atoms with van der Waals surface area (Å²) in [6.45, 7) is 0. The third-order valence-electron chi connectivity index (χ3n) is 2.33. The van der Waals surface area contributed by atoms with Gasteiger partial charge in [0.1, 0.15) is 11.5 Å². The van der Waals surface area contributed by atoms with Gasteiger partial charge in [-0.2, -0.15) is 0 Å². The molecule has 0 aliphatic rings. The van der Waals surface area contributed by atoms with Crippen molar-refractivity contribution < 1.29 is 16.4 Å². The largest absolute Gasteiger partial charge is 0.508 e. The maximum Gasteiger partial charge on any atom is 0.198 e. The van der Waals surface area contributed by atoms with Crippen LogP contribution in [0, 0.1) is 0 Å². The second-order valence-electron chi connectivity index (χ2n) is 3.57. The molecule has 0 saturated carbocycles. The highest BCUT2D eigenvalue weighted by molar-refractivity contribution is 9.10. The number of aromatic hydroxyl groups is 2. The van der Waals surface area contributed by atoms with E-state index in [0.717, 1.165) is 0 Å². The highest BCUT2D eigenvalue weighted by Gasteiger charge is 2.17. The van der Waals surface area contributed by atoms with E-state index in [-0.39, 0.29) is 28.7 Å². The van der Waals surface area contributed by atoms with Crippen molar-refractivity contribution >= 4 is 37.6 Å². The Balaban J connectivity index is 2.56. The van der Waals surface area contributed by atoms with Crippen LogP contribution in [-0.4, -0.2) is 16.0 Å². The molecule has 0 amide bonds. The fourth-order valence-electron chi connectivity index (χ4n) is 1.47. The number of carbonyl (C=O) groups excluding carboxylic acids is 1. The van der Waals surface area contributed by atoms with Crippen LogP contribution >= 0.6 is 31.9 Å². The first-order chi connectivity index (χ1) is 8.90. The Morgan fingerprint density at radius 1 is 1.11 bits per heavy atom. The fraction of sp³-hybridized carbons (Fsp3) is 0. The van der Waals surface area contributed by atoms with E-state index in [9.17, 15) is 15.0 Å². The van der Waals surface area contributed by atoms with Crippen LogP contribution in [0.25, 0.3) is 0 Å². The first-order valence-electron chi connectivity index (χ1n) is 5.42. The molecule has 2 aromatic carbocycles. The average Bonchev–Trinajstić information content (AvgIpc) is 2.36. The van der Waals surface area contributed by atoms with E-state index in [4.69, 9.17) is 1.37 Å².